The highest BCUT2D eigenvalue weighted by molar-refractivity contribution is 9.10. The van der Waals surface area contributed by atoms with Crippen LogP contribution in [0.4, 0.5) is 0 Å². The van der Waals surface area contributed by atoms with Crippen LogP contribution in [-0.4, -0.2) is 27.6 Å². The maximum Gasteiger partial charge on any atom is 0.253 e. The second kappa shape index (κ2) is 5.35. The van der Waals surface area contributed by atoms with Crippen molar-refractivity contribution in [3.63, 3.8) is 0 Å². The summed E-state index contributed by atoms with van der Waals surface area (Å²) in [7, 11) is 3.66. The third-order valence-electron chi connectivity index (χ3n) is 2.74. The summed E-state index contributed by atoms with van der Waals surface area (Å²) in [6.07, 6.45) is 1.73. The second-order valence-electron chi connectivity index (χ2n) is 4.12. The van der Waals surface area contributed by atoms with Gasteiger partial charge < -0.3 is 4.90 Å². The number of hydrogen-bond acceptors (Lipinski definition) is 2. The van der Waals surface area contributed by atoms with Gasteiger partial charge in [0.15, 0.2) is 0 Å². The van der Waals surface area contributed by atoms with E-state index in [1.165, 1.54) is 0 Å². The molecule has 0 saturated carbocycles. The summed E-state index contributed by atoms with van der Waals surface area (Å²) in [5.74, 6) is -0.00231. The zero-order chi connectivity index (χ0) is 13.1. The lowest BCUT2D eigenvalue weighted by Crippen LogP contribution is -2.27. The molecule has 0 atom stereocenters. The van der Waals surface area contributed by atoms with E-state index in [0.29, 0.717) is 12.1 Å². The minimum atomic E-state index is -0.00231. The van der Waals surface area contributed by atoms with E-state index in [4.69, 9.17) is 0 Å². The molecule has 2 rings (SSSR count). The Hall–Kier alpha value is -1.62. The maximum atomic E-state index is 12.2. The van der Waals surface area contributed by atoms with Gasteiger partial charge in [-0.2, -0.15) is 5.10 Å². The molecule has 0 spiro atoms. The first-order chi connectivity index (χ1) is 8.58. The summed E-state index contributed by atoms with van der Waals surface area (Å²) in [5, 5.41) is 4.09. The first-order valence-corrected chi connectivity index (χ1v) is 6.35. The number of amides is 1. The van der Waals surface area contributed by atoms with Crippen molar-refractivity contribution in [2.75, 3.05) is 7.05 Å². The first kappa shape index (κ1) is 12.8. The van der Waals surface area contributed by atoms with Gasteiger partial charge in [-0.25, -0.2) is 0 Å². The molecule has 0 bridgehead atoms. The van der Waals surface area contributed by atoms with Crippen LogP contribution in [0.3, 0.4) is 0 Å². The van der Waals surface area contributed by atoms with Crippen molar-refractivity contribution in [3.8, 4) is 0 Å². The van der Waals surface area contributed by atoms with Crippen LogP contribution in [-0.2, 0) is 13.6 Å². The van der Waals surface area contributed by atoms with Gasteiger partial charge in [0.2, 0.25) is 0 Å². The molecular formula is C13H14BrN3O. The van der Waals surface area contributed by atoms with Crippen molar-refractivity contribution >= 4 is 21.8 Å². The molecule has 2 aromatic rings. The quantitative estimate of drug-likeness (QED) is 0.873. The van der Waals surface area contributed by atoms with Crippen molar-refractivity contribution < 1.29 is 4.79 Å². The minimum absolute atomic E-state index is 0.00231. The van der Waals surface area contributed by atoms with E-state index in [1.54, 1.807) is 22.8 Å². The topological polar surface area (TPSA) is 38.1 Å². The summed E-state index contributed by atoms with van der Waals surface area (Å²) >= 11 is 3.37. The van der Waals surface area contributed by atoms with Gasteiger partial charge in [0, 0.05) is 30.3 Å². The van der Waals surface area contributed by atoms with Gasteiger partial charge in [0.25, 0.3) is 5.91 Å². The molecule has 1 amide bonds. The molecule has 5 heteroatoms. The van der Waals surface area contributed by atoms with Crippen molar-refractivity contribution in [1.82, 2.24) is 14.7 Å². The zero-order valence-electron chi connectivity index (χ0n) is 10.3. The highest BCUT2D eigenvalue weighted by Gasteiger charge is 2.13. The molecule has 0 aliphatic heterocycles. The number of hydrogen-bond donors (Lipinski definition) is 0. The molecule has 4 nitrogen and oxygen atoms in total. The predicted octanol–water partition coefficient (Wildman–Crippen LogP) is 2.45. The van der Waals surface area contributed by atoms with E-state index in [0.717, 1.165) is 10.2 Å². The molecule has 0 radical (unpaired) electrons. The lowest BCUT2D eigenvalue weighted by atomic mass is 10.2. The second-order valence-corrected chi connectivity index (χ2v) is 5.03. The van der Waals surface area contributed by atoms with E-state index < -0.39 is 0 Å². The lowest BCUT2D eigenvalue weighted by Gasteiger charge is -2.17. The highest BCUT2D eigenvalue weighted by atomic mass is 79.9. The Kier molecular flexibility index (Phi) is 3.81. The summed E-state index contributed by atoms with van der Waals surface area (Å²) < 4.78 is 2.67. The molecule has 94 valence electrons. The molecule has 18 heavy (non-hydrogen) atoms. The molecule has 0 aliphatic carbocycles. The van der Waals surface area contributed by atoms with Crippen LogP contribution in [0, 0.1) is 0 Å². The largest absolute Gasteiger partial charge is 0.336 e. The third-order valence-corrected chi connectivity index (χ3v) is 3.23. The van der Waals surface area contributed by atoms with E-state index in [1.807, 2.05) is 37.4 Å². The Labute approximate surface area is 114 Å². The molecule has 1 heterocycles. The predicted molar refractivity (Wildman–Crippen MR) is 73.1 cm³/mol. The summed E-state index contributed by atoms with van der Waals surface area (Å²) in [5.41, 5.74) is 1.68. The summed E-state index contributed by atoms with van der Waals surface area (Å²) in [4.78, 5) is 13.9. The Morgan fingerprint density at radius 2 is 2.22 bits per heavy atom. The number of halogens is 1. The highest BCUT2D eigenvalue weighted by Crippen LogP contribution is 2.14. The van der Waals surface area contributed by atoms with E-state index in [9.17, 15) is 4.79 Å². The van der Waals surface area contributed by atoms with E-state index in [-0.39, 0.29) is 5.91 Å². The fourth-order valence-electron chi connectivity index (χ4n) is 1.71. The van der Waals surface area contributed by atoms with Crippen LogP contribution in [0.25, 0.3) is 0 Å². The van der Waals surface area contributed by atoms with Gasteiger partial charge in [0.05, 0.1) is 12.2 Å². The molecule has 0 saturated heterocycles. The van der Waals surface area contributed by atoms with Crippen molar-refractivity contribution in [3.05, 3.63) is 52.3 Å². The van der Waals surface area contributed by atoms with Crippen LogP contribution >= 0.6 is 15.9 Å². The van der Waals surface area contributed by atoms with Gasteiger partial charge in [-0.15, -0.1) is 0 Å². The Morgan fingerprint density at radius 3 is 2.83 bits per heavy atom. The smallest absolute Gasteiger partial charge is 0.253 e. The minimum Gasteiger partial charge on any atom is -0.336 e. The molecule has 0 N–H and O–H groups in total. The van der Waals surface area contributed by atoms with Crippen LogP contribution in [0.2, 0.25) is 0 Å². The molecule has 1 aromatic heterocycles. The monoisotopic (exact) mass is 307 g/mol. The summed E-state index contributed by atoms with van der Waals surface area (Å²) in [6, 6.07) is 9.30. The Bertz CT molecular complexity index is 565. The maximum absolute atomic E-state index is 12.2. The first-order valence-electron chi connectivity index (χ1n) is 5.56. The number of aromatic nitrogens is 2. The van der Waals surface area contributed by atoms with E-state index in [2.05, 4.69) is 21.0 Å². The lowest BCUT2D eigenvalue weighted by molar-refractivity contribution is 0.0782. The number of benzene rings is 1. The van der Waals surface area contributed by atoms with Gasteiger partial charge in [-0.3, -0.25) is 9.48 Å². The fourth-order valence-corrected chi connectivity index (χ4v) is 2.11. The summed E-state index contributed by atoms with van der Waals surface area (Å²) in [6.45, 7) is 0.543. The van der Waals surface area contributed by atoms with Crippen LogP contribution in [0.5, 0.6) is 0 Å². The SMILES string of the molecule is CN(Cc1ccnn1C)C(=O)c1cccc(Br)c1. The average Bonchev–Trinajstić information content (AvgIpc) is 2.74. The van der Waals surface area contributed by atoms with Crippen molar-refractivity contribution in [2.45, 2.75) is 6.54 Å². The van der Waals surface area contributed by atoms with Crippen LogP contribution in [0.1, 0.15) is 16.1 Å². The van der Waals surface area contributed by atoms with Crippen molar-refractivity contribution in [1.29, 1.82) is 0 Å². The molecule has 0 unspecified atom stereocenters. The molecule has 1 aromatic carbocycles. The number of carbonyl (C=O) groups excluding carboxylic acids is 1. The zero-order valence-corrected chi connectivity index (χ0v) is 11.9. The van der Waals surface area contributed by atoms with Gasteiger partial charge in [-0.05, 0) is 24.3 Å². The fraction of sp³-hybridized carbons (Fsp3) is 0.231. The van der Waals surface area contributed by atoms with E-state index >= 15 is 0 Å². The molecular weight excluding hydrogens is 294 g/mol. The van der Waals surface area contributed by atoms with Gasteiger partial charge >= 0.3 is 0 Å². The van der Waals surface area contributed by atoms with Gasteiger partial charge in [-0.1, -0.05) is 22.0 Å². The van der Waals surface area contributed by atoms with Crippen LogP contribution < -0.4 is 0 Å². The molecule has 0 fully saturated rings. The standard InChI is InChI=1S/C13H14BrN3O/c1-16(9-12-6-7-15-17(12)2)13(18)10-4-3-5-11(14)8-10/h3-8H,9H2,1-2H3. The number of rotatable bonds is 3. The number of nitrogens with zero attached hydrogens (tertiary/aromatic N) is 3. The third kappa shape index (κ3) is 2.79. The van der Waals surface area contributed by atoms with Crippen LogP contribution in [0.15, 0.2) is 41.0 Å². The number of aryl methyl sites for hydroxylation is 1. The molecule has 0 aliphatic rings. The Morgan fingerprint density at radius 1 is 1.44 bits per heavy atom. The average molecular weight is 308 g/mol. The normalized spacial score (nSPS) is 10.4. The Balaban J connectivity index is 2.12. The van der Waals surface area contributed by atoms with Crippen molar-refractivity contribution in [2.24, 2.45) is 7.05 Å². The number of carbonyl (C=O) groups is 1. The van der Waals surface area contributed by atoms with Gasteiger partial charge in [0.1, 0.15) is 0 Å².